The number of hydrogen-bond acceptors (Lipinski definition) is 4. The average Bonchev–Trinajstić information content (AvgIpc) is 2.85. The Bertz CT molecular complexity index is 826. The minimum absolute atomic E-state index is 0.0399. The van der Waals surface area contributed by atoms with Crippen molar-refractivity contribution in [1.29, 1.82) is 0 Å². The van der Waals surface area contributed by atoms with Gasteiger partial charge in [-0.05, 0) is 37.3 Å². The van der Waals surface area contributed by atoms with Crippen molar-refractivity contribution in [3.05, 3.63) is 52.5 Å². The number of hydrogen-bond donors (Lipinski definition) is 1. The molecule has 0 saturated carbocycles. The van der Waals surface area contributed by atoms with Crippen LogP contribution in [0.2, 0.25) is 10.0 Å². The molecule has 1 fully saturated rings. The highest BCUT2D eigenvalue weighted by Crippen LogP contribution is 2.34. The molecule has 0 radical (unpaired) electrons. The van der Waals surface area contributed by atoms with Gasteiger partial charge < -0.3 is 10.1 Å². The zero-order chi connectivity index (χ0) is 18.0. The van der Waals surface area contributed by atoms with E-state index in [0.717, 1.165) is 4.90 Å². The van der Waals surface area contributed by atoms with Gasteiger partial charge in [0.15, 0.2) is 0 Å². The molecule has 5 nitrogen and oxygen atoms in total. The van der Waals surface area contributed by atoms with Crippen molar-refractivity contribution in [2.75, 3.05) is 16.8 Å². The van der Waals surface area contributed by atoms with Gasteiger partial charge in [-0.1, -0.05) is 35.3 Å². The van der Waals surface area contributed by atoms with Crippen LogP contribution in [0.25, 0.3) is 0 Å². The predicted molar refractivity (Wildman–Crippen MR) is 98.6 cm³/mol. The Morgan fingerprint density at radius 3 is 2.68 bits per heavy atom. The van der Waals surface area contributed by atoms with Crippen LogP contribution < -0.4 is 15.0 Å². The van der Waals surface area contributed by atoms with E-state index in [-0.39, 0.29) is 18.2 Å². The van der Waals surface area contributed by atoms with Crippen LogP contribution >= 0.6 is 23.2 Å². The standard InChI is InChI=1S/C18H16Cl2N2O3/c1-2-25-16-6-4-3-5-15(16)22-17(23)10-14(18(22)24)21-13-8-7-11(19)9-12(13)20/h3-9,14,21H,2,10H2,1H3/t14-/m0/s1. The van der Waals surface area contributed by atoms with Crippen molar-refractivity contribution in [2.24, 2.45) is 0 Å². The molecular weight excluding hydrogens is 363 g/mol. The van der Waals surface area contributed by atoms with Crippen molar-refractivity contribution < 1.29 is 14.3 Å². The summed E-state index contributed by atoms with van der Waals surface area (Å²) in [6.07, 6.45) is 0.0399. The Balaban J connectivity index is 1.85. The number of ether oxygens (including phenoxy) is 1. The van der Waals surface area contributed by atoms with Crippen molar-refractivity contribution in [3.63, 3.8) is 0 Å². The number of rotatable bonds is 5. The first kappa shape index (κ1) is 17.6. The number of para-hydroxylation sites is 2. The van der Waals surface area contributed by atoms with E-state index in [1.54, 1.807) is 42.5 Å². The summed E-state index contributed by atoms with van der Waals surface area (Å²) in [5.74, 6) is -0.139. The lowest BCUT2D eigenvalue weighted by Gasteiger charge is -2.19. The molecule has 1 N–H and O–H groups in total. The van der Waals surface area contributed by atoms with E-state index < -0.39 is 6.04 Å². The Labute approximate surface area is 155 Å². The number of anilines is 2. The van der Waals surface area contributed by atoms with E-state index in [1.807, 2.05) is 6.92 Å². The topological polar surface area (TPSA) is 58.6 Å². The molecule has 2 amide bonds. The molecule has 3 rings (SSSR count). The molecule has 1 heterocycles. The van der Waals surface area contributed by atoms with E-state index >= 15 is 0 Å². The van der Waals surface area contributed by atoms with Crippen LogP contribution in [0.3, 0.4) is 0 Å². The third kappa shape index (κ3) is 3.57. The molecule has 1 atom stereocenters. The van der Waals surface area contributed by atoms with Crippen molar-refractivity contribution in [3.8, 4) is 5.75 Å². The summed E-state index contributed by atoms with van der Waals surface area (Å²) in [5, 5.41) is 3.91. The van der Waals surface area contributed by atoms with Gasteiger partial charge in [0.25, 0.3) is 5.91 Å². The summed E-state index contributed by atoms with van der Waals surface area (Å²) in [4.78, 5) is 26.4. The molecule has 0 aliphatic carbocycles. The van der Waals surface area contributed by atoms with Crippen LogP contribution in [0.4, 0.5) is 11.4 Å². The van der Waals surface area contributed by atoms with E-state index in [9.17, 15) is 9.59 Å². The molecule has 0 bridgehead atoms. The minimum Gasteiger partial charge on any atom is -0.492 e. The number of halogens is 2. The lowest BCUT2D eigenvalue weighted by molar-refractivity contribution is -0.121. The van der Waals surface area contributed by atoms with E-state index in [1.165, 1.54) is 0 Å². The van der Waals surface area contributed by atoms with Crippen LogP contribution in [0.5, 0.6) is 5.75 Å². The lowest BCUT2D eigenvalue weighted by Crippen LogP contribution is -2.35. The minimum atomic E-state index is -0.694. The number of amides is 2. The third-order valence-electron chi connectivity index (χ3n) is 3.81. The van der Waals surface area contributed by atoms with Crippen molar-refractivity contribution in [2.45, 2.75) is 19.4 Å². The number of nitrogens with one attached hydrogen (secondary N) is 1. The van der Waals surface area contributed by atoms with Crippen LogP contribution in [0.15, 0.2) is 42.5 Å². The maximum Gasteiger partial charge on any atom is 0.256 e. The van der Waals surface area contributed by atoms with Crippen LogP contribution in [0, 0.1) is 0 Å². The second kappa shape index (κ2) is 7.33. The first-order valence-corrected chi connectivity index (χ1v) is 8.57. The summed E-state index contributed by atoms with van der Waals surface area (Å²) in [6, 6.07) is 11.2. The summed E-state index contributed by atoms with van der Waals surface area (Å²) in [6.45, 7) is 2.28. The van der Waals surface area contributed by atoms with Crippen molar-refractivity contribution in [1.82, 2.24) is 0 Å². The van der Waals surface area contributed by atoms with Crippen molar-refractivity contribution >= 4 is 46.4 Å². The van der Waals surface area contributed by atoms with Crippen LogP contribution in [0.1, 0.15) is 13.3 Å². The smallest absolute Gasteiger partial charge is 0.256 e. The molecule has 25 heavy (non-hydrogen) atoms. The highest BCUT2D eigenvalue weighted by Gasteiger charge is 2.40. The maximum absolute atomic E-state index is 12.8. The fraction of sp³-hybridized carbons (Fsp3) is 0.222. The molecule has 7 heteroatoms. The van der Waals surface area contributed by atoms with Gasteiger partial charge in [0.2, 0.25) is 5.91 Å². The highest BCUT2D eigenvalue weighted by atomic mass is 35.5. The lowest BCUT2D eigenvalue weighted by atomic mass is 10.2. The third-order valence-corrected chi connectivity index (χ3v) is 4.36. The van der Waals surface area contributed by atoms with Gasteiger partial charge in [0, 0.05) is 5.02 Å². The molecular formula is C18H16Cl2N2O3. The summed E-state index contributed by atoms with van der Waals surface area (Å²) in [5.41, 5.74) is 1.00. The number of imide groups is 1. The number of nitrogens with zero attached hydrogens (tertiary/aromatic N) is 1. The quantitative estimate of drug-likeness (QED) is 0.794. The zero-order valence-corrected chi connectivity index (χ0v) is 15.0. The van der Waals surface area contributed by atoms with Gasteiger partial charge in [0.1, 0.15) is 11.8 Å². The number of carbonyl (C=O) groups is 2. The first-order chi connectivity index (χ1) is 12.0. The number of benzene rings is 2. The molecule has 1 aliphatic heterocycles. The van der Waals surface area contributed by atoms with Gasteiger partial charge in [-0.2, -0.15) is 0 Å². The SMILES string of the molecule is CCOc1ccccc1N1C(=O)C[C@H](Nc2ccc(Cl)cc2Cl)C1=O. The van der Waals surface area contributed by atoms with Gasteiger partial charge >= 0.3 is 0 Å². The molecule has 2 aromatic carbocycles. The molecule has 1 saturated heterocycles. The Morgan fingerprint density at radius 1 is 1.20 bits per heavy atom. The monoisotopic (exact) mass is 378 g/mol. The summed E-state index contributed by atoms with van der Waals surface area (Å²) in [7, 11) is 0. The first-order valence-electron chi connectivity index (χ1n) is 7.81. The Hall–Kier alpha value is -2.24. The summed E-state index contributed by atoms with van der Waals surface area (Å²) < 4.78 is 5.53. The zero-order valence-electron chi connectivity index (χ0n) is 13.5. The maximum atomic E-state index is 12.8. The molecule has 2 aromatic rings. The molecule has 1 aliphatic rings. The summed E-state index contributed by atoms with van der Waals surface area (Å²) >= 11 is 12.0. The Kier molecular flexibility index (Phi) is 5.16. The van der Waals surface area contributed by atoms with Crippen LogP contribution in [-0.4, -0.2) is 24.5 Å². The van der Waals surface area contributed by atoms with E-state index in [0.29, 0.717) is 33.8 Å². The molecule has 130 valence electrons. The van der Waals surface area contributed by atoms with Gasteiger partial charge in [-0.3, -0.25) is 9.59 Å². The molecule has 0 unspecified atom stereocenters. The number of carbonyl (C=O) groups excluding carboxylic acids is 2. The van der Waals surface area contributed by atoms with E-state index in [4.69, 9.17) is 27.9 Å². The highest BCUT2D eigenvalue weighted by molar-refractivity contribution is 6.36. The normalized spacial score (nSPS) is 17.1. The van der Waals surface area contributed by atoms with Crippen LogP contribution in [-0.2, 0) is 9.59 Å². The Morgan fingerprint density at radius 2 is 1.96 bits per heavy atom. The average molecular weight is 379 g/mol. The predicted octanol–water partition coefficient (Wildman–Crippen LogP) is 4.14. The largest absolute Gasteiger partial charge is 0.492 e. The second-order valence-corrected chi connectivity index (χ2v) is 6.34. The second-order valence-electron chi connectivity index (χ2n) is 5.49. The molecule has 0 spiro atoms. The van der Waals surface area contributed by atoms with Gasteiger partial charge in [0.05, 0.1) is 29.4 Å². The van der Waals surface area contributed by atoms with Gasteiger partial charge in [-0.15, -0.1) is 0 Å². The fourth-order valence-electron chi connectivity index (χ4n) is 2.71. The fourth-order valence-corrected chi connectivity index (χ4v) is 3.17. The van der Waals surface area contributed by atoms with Gasteiger partial charge in [-0.25, -0.2) is 4.90 Å². The molecule has 0 aromatic heterocycles. The van der Waals surface area contributed by atoms with E-state index in [2.05, 4.69) is 5.32 Å².